The second-order valence-corrected chi connectivity index (χ2v) is 9.25. The summed E-state index contributed by atoms with van der Waals surface area (Å²) >= 11 is 24.7. The predicted octanol–water partition coefficient (Wildman–Crippen LogP) is 5.89. The second kappa shape index (κ2) is 7.87. The third-order valence-corrected chi connectivity index (χ3v) is 7.27. The van der Waals surface area contributed by atoms with E-state index in [4.69, 9.17) is 46.4 Å². The molecule has 3 rings (SSSR count). The van der Waals surface area contributed by atoms with Gasteiger partial charge in [-0.25, -0.2) is 0 Å². The minimum atomic E-state index is -5.09. The van der Waals surface area contributed by atoms with E-state index in [1.807, 2.05) is 0 Å². The van der Waals surface area contributed by atoms with Gasteiger partial charge in [0.1, 0.15) is 11.5 Å². The molecule has 0 aliphatic rings. The topological polar surface area (TPSA) is 94.8 Å². The van der Waals surface area contributed by atoms with E-state index in [1.165, 1.54) is 36.4 Å². The van der Waals surface area contributed by atoms with Gasteiger partial charge in [0, 0.05) is 16.1 Å². The summed E-state index contributed by atoms with van der Waals surface area (Å²) in [4.78, 5) is 0. The highest BCUT2D eigenvalue weighted by molar-refractivity contribution is 7.87. The van der Waals surface area contributed by atoms with Crippen molar-refractivity contribution in [3.8, 4) is 11.5 Å². The number of phenols is 2. The van der Waals surface area contributed by atoms with Gasteiger partial charge >= 0.3 is 0 Å². The first-order chi connectivity index (χ1) is 13.5. The fourth-order valence-corrected chi connectivity index (χ4v) is 5.59. The molecule has 10 heteroatoms. The van der Waals surface area contributed by atoms with Crippen LogP contribution in [-0.4, -0.2) is 23.2 Å². The molecule has 3 aromatic rings. The van der Waals surface area contributed by atoms with Crippen LogP contribution in [0.25, 0.3) is 0 Å². The van der Waals surface area contributed by atoms with Crippen LogP contribution in [0, 0.1) is 0 Å². The van der Waals surface area contributed by atoms with E-state index in [-0.39, 0.29) is 42.5 Å². The lowest BCUT2D eigenvalue weighted by Crippen LogP contribution is -2.39. The Morgan fingerprint density at radius 2 is 1.41 bits per heavy atom. The van der Waals surface area contributed by atoms with E-state index in [0.29, 0.717) is 0 Å². The van der Waals surface area contributed by atoms with Crippen molar-refractivity contribution in [2.24, 2.45) is 0 Å². The third kappa shape index (κ3) is 3.65. The number of halogens is 4. The van der Waals surface area contributed by atoms with Gasteiger partial charge in [-0.3, -0.25) is 4.55 Å². The monoisotopic (exact) mass is 492 g/mol. The minimum Gasteiger partial charge on any atom is -0.508 e. The van der Waals surface area contributed by atoms with Gasteiger partial charge in [-0.05, 0) is 35.9 Å². The molecular formula is C19H12Cl4O5S. The summed E-state index contributed by atoms with van der Waals surface area (Å²) in [5.74, 6) is -0.750. The minimum absolute atomic E-state index is 0.0200. The molecule has 152 valence electrons. The van der Waals surface area contributed by atoms with Crippen molar-refractivity contribution in [1.29, 1.82) is 0 Å². The van der Waals surface area contributed by atoms with Crippen LogP contribution in [-0.2, 0) is 14.9 Å². The van der Waals surface area contributed by atoms with Crippen molar-refractivity contribution in [2.45, 2.75) is 4.75 Å². The molecule has 0 aliphatic heterocycles. The molecule has 0 saturated heterocycles. The highest BCUT2D eigenvalue weighted by atomic mass is 35.5. The van der Waals surface area contributed by atoms with Gasteiger partial charge in [-0.1, -0.05) is 70.7 Å². The maximum atomic E-state index is 13.0. The lowest BCUT2D eigenvalue weighted by atomic mass is 9.83. The summed E-state index contributed by atoms with van der Waals surface area (Å²) < 4.78 is 34.0. The lowest BCUT2D eigenvalue weighted by molar-refractivity contribution is 0.455. The number of rotatable bonds is 4. The second-order valence-electron chi connectivity index (χ2n) is 6.09. The third-order valence-electron chi connectivity index (χ3n) is 4.39. The largest absolute Gasteiger partial charge is 0.508 e. The molecule has 0 bridgehead atoms. The highest BCUT2D eigenvalue weighted by Gasteiger charge is 2.51. The molecule has 0 aliphatic carbocycles. The molecule has 1 atom stereocenters. The maximum absolute atomic E-state index is 13.0. The summed E-state index contributed by atoms with van der Waals surface area (Å²) in [7, 11) is -5.09. The van der Waals surface area contributed by atoms with Gasteiger partial charge in [-0.2, -0.15) is 8.42 Å². The van der Waals surface area contributed by atoms with Gasteiger partial charge in [0.15, 0.2) is 4.75 Å². The molecule has 1 unspecified atom stereocenters. The summed E-state index contributed by atoms with van der Waals surface area (Å²) in [5.41, 5.74) is -0.463. The van der Waals surface area contributed by atoms with Crippen LogP contribution >= 0.6 is 46.4 Å². The molecule has 0 saturated carbocycles. The average molecular weight is 494 g/mol. The molecule has 0 spiro atoms. The van der Waals surface area contributed by atoms with Crippen molar-refractivity contribution < 1.29 is 23.2 Å². The Morgan fingerprint density at radius 1 is 0.759 bits per heavy atom. The van der Waals surface area contributed by atoms with Crippen molar-refractivity contribution in [3.05, 3.63) is 91.4 Å². The molecule has 3 N–H and O–H groups in total. The molecular weight excluding hydrogens is 482 g/mol. The molecule has 0 amide bonds. The zero-order valence-electron chi connectivity index (χ0n) is 14.3. The van der Waals surface area contributed by atoms with E-state index < -0.39 is 20.6 Å². The lowest BCUT2D eigenvalue weighted by Gasteiger charge is -2.34. The van der Waals surface area contributed by atoms with E-state index >= 15 is 0 Å². The van der Waals surface area contributed by atoms with Crippen LogP contribution in [0.4, 0.5) is 0 Å². The van der Waals surface area contributed by atoms with E-state index in [9.17, 15) is 23.2 Å². The van der Waals surface area contributed by atoms with Crippen molar-refractivity contribution >= 4 is 56.5 Å². The Kier molecular flexibility index (Phi) is 5.98. The molecule has 5 nitrogen and oxygen atoms in total. The average Bonchev–Trinajstić information content (AvgIpc) is 2.62. The van der Waals surface area contributed by atoms with Crippen LogP contribution < -0.4 is 0 Å². The fraction of sp³-hybridized carbons (Fsp3) is 0.0526. The Balaban J connectivity index is 2.63. The first-order valence-electron chi connectivity index (χ1n) is 7.89. The summed E-state index contributed by atoms with van der Waals surface area (Å²) in [6, 6.07) is 11.6. The number of hydrogen-bond acceptors (Lipinski definition) is 4. The number of aromatic hydroxyl groups is 2. The summed E-state index contributed by atoms with van der Waals surface area (Å²) in [6.07, 6.45) is 0. The molecule has 0 fully saturated rings. The van der Waals surface area contributed by atoms with Crippen molar-refractivity contribution in [3.63, 3.8) is 0 Å². The fourth-order valence-electron chi connectivity index (χ4n) is 3.19. The first-order valence-corrected chi connectivity index (χ1v) is 10.8. The summed E-state index contributed by atoms with van der Waals surface area (Å²) in [5, 5.41) is 19.7. The van der Waals surface area contributed by atoms with Crippen LogP contribution in [0.15, 0.2) is 54.6 Å². The molecule has 3 aromatic carbocycles. The Hall–Kier alpha value is -1.67. The highest BCUT2D eigenvalue weighted by Crippen LogP contribution is 2.51. The SMILES string of the molecule is O=S(=O)(O)C(c1cccc(O)c1)(c1cc(O)c(Cl)cc1Cl)c1cccc(Cl)c1Cl. The van der Waals surface area contributed by atoms with Crippen LogP contribution in [0.2, 0.25) is 20.1 Å². The van der Waals surface area contributed by atoms with Crippen molar-refractivity contribution in [2.75, 3.05) is 0 Å². The van der Waals surface area contributed by atoms with Crippen LogP contribution in [0.1, 0.15) is 16.7 Å². The molecule has 0 aromatic heterocycles. The zero-order chi connectivity index (χ0) is 21.6. The zero-order valence-corrected chi connectivity index (χ0v) is 18.1. The van der Waals surface area contributed by atoms with E-state index in [1.54, 1.807) is 0 Å². The number of hydrogen-bond donors (Lipinski definition) is 3. The van der Waals surface area contributed by atoms with Gasteiger partial charge in [0.05, 0.1) is 15.1 Å². The predicted molar refractivity (Wildman–Crippen MR) is 114 cm³/mol. The quantitative estimate of drug-likeness (QED) is 0.311. The van der Waals surface area contributed by atoms with Gasteiger partial charge < -0.3 is 10.2 Å². The van der Waals surface area contributed by atoms with Crippen LogP contribution in [0.5, 0.6) is 11.5 Å². The van der Waals surface area contributed by atoms with Crippen LogP contribution in [0.3, 0.4) is 0 Å². The van der Waals surface area contributed by atoms with Gasteiger partial charge in [0.25, 0.3) is 10.1 Å². The van der Waals surface area contributed by atoms with E-state index in [2.05, 4.69) is 0 Å². The maximum Gasteiger partial charge on any atom is 0.283 e. The Labute approximate surface area is 186 Å². The smallest absolute Gasteiger partial charge is 0.283 e. The molecule has 29 heavy (non-hydrogen) atoms. The normalized spacial score (nSPS) is 13.8. The standard InChI is InChI=1S/C19H12Cl4O5S/c20-14-6-2-5-12(18(14)23)19(29(26,27)28,10-3-1-4-11(24)7-10)13-8-17(25)16(22)9-15(13)21/h1-9,24-25H,(H,26,27,28). The Bertz CT molecular complexity index is 1210. The molecule has 0 radical (unpaired) electrons. The molecule has 0 heterocycles. The number of benzene rings is 3. The van der Waals surface area contributed by atoms with Gasteiger partial charge in [-0.15, -0.1) is 0 Å². The summed E-state index contributed by atoms with van der Waals surface area (Å²) in [6.45, 7) is 0. The number of phenolic OH excluding ortho intramolecular Hbond substituents is 2. The van der Waals surface area contributed by atoms with Gasteiger partial charge in [0.2, 0.25) is 0 Å². The van der Waals surface area contributed by atoms with Crippen molar-refractivity contribution in [1.82, 2.24) is 0 Å². The first kappa shape index (κ1) is 22.0. The Morgan fingerprint density at radius 3 is 2.03 bits per heavy atom. The van der Waals surface area contributed by atoms with E-state index in [0.717, 1.165) is 18.2 Å².